The Morgan fingerprint density at radius 1 is 1.16 bits per heavy atom. The molecule has 0 heterocycles. The first-order valence-electron chi connectivity index (χ1n) is 7.11. The Morgan fingerprint density at radius 3 is 2.53 bits per heavy atom. The van der Waals surface area contributed by atoms with E-state index >= 15 is 0 Å². The minimum atomic E-state index is 0.698. The SMILES string of the molecule is CC(C)CCSc1ccc(Br)cc1CNCC(C)C. The second kappa shape index (κ2) is 9.04. The molecule has 0 saturated heterocycles. The molecular formula is C16H26BrNS. The van der Waals surface area contributed by atoms with E-state index in [0.29, 0.717) is 5.92 Å². The van der Waals surface area contributed by atoms with Crippen LogP contribution in [0.3, 0.4) is 0 Å². The first-order valence-corrected chi connectivity index (χ1v) is 8.88. The molecule has 19 heavy (non-hydrogen) atoms. The molecule has 0 aliphatic carbocycles. The van der Waals surface area contributed by atoms with Gasteiger partial charge in [0.1, 0.15) is 0 Å². The average Bonchev–Trinajstić information content (AvgIpc) is 2.31. The number of halogens is 1. The van der Waals surface area contributed by atoms with Crippen LogP contribution in [0.4, 0.5) is 0 Å². The lowest BCUT2D eigenvalue weighted by Gasteiger charge is -2.13. The van der Waals surface area contributed by atoms with Crippen molar-refractivity contribution in [3.05, 3.63) is 28.2 Å². The van der Waals surface area contributed by atoms with E-state index in [9.17, 15) is 0 Å². The summed E-state index contributed by atoms with van der Waals surface area (Å²) >= 11 is 5.55. The Bertz CT molecular complexity index is 377. The van der Waals surface area contributed by atoms with Crippen LogP contribution in [0.1, 0.15) is 39.7 Å². The number of nitrogens with one attached hydrogen (secondary N) is 1. The van der Waals surface area contributed by atoms with E-state index in [2.05, 4.69) is 67.1 Å². The fourth-order valence-corrected chi connectivity index (χ4v) is 3.43. The summed E-state index contributed by atoms with van der Waals surface area (Å²) < 4.78 is 1.17. The first kappa shape index (κ1) is 17.1. The van der Waals surface area contributed by atoms with Gasteiger partial charge in [-0.25, -0.2) is 0 Å². The zero-order chi connectivity index (χ0) is 14.3. The van der Waals surface area contributed by atoms with Crippen molar-refractivity contribution in [2.24, 2.45) is 11.8 Å². The number of thioether (sulfide) groups is 1. The van der Waals surface area contributed by atoms with Gasteiger partial charge >= 0.3 is 0 Å². The van der Waals surface area contributed by atoms with Gasteiger partial charge in [0.05, 0.1) is 0 Å². The van der Waals surface area contributed by atoms with Gasteiger partial charge in [0.15, 0.2) is 0 Å². The summed E-state index contributed by atoms with van der Waals surface area (Å²) in [6, 6.07) is 6.62. The van der Waals surface area contributed by atoms with Gasteiger partial charge in [0.25, 0.3) is 0 Å². The summed E-state index contributed by atoms with van der Waals surface area (Å²) in [6.07, 6.45) is 1.28. The maximum atomic E-state index is 3.57. The normalized spacial score (nSPS) is 11.5. The van der Waals surface area contributed by atoms with Crippen LogP contribution in [0.5, 0.6) is 0 Å². The molecule has 0 amide bonds. The summed E-state index contributed by atoms with van der Waals surface area (Å²) in [5.41, 5.74) is 1.41. The van der Waals surface area contributed by atoms with E-state index in [-0.39, 0.29) is 0 Å². The van der Waals surface area contributed by atoms with Crippen LogP contribution in [-0.4, -0.2) is 12.3 Å². The van der Waals surface area contributed by atoms with Crippen molar-refractivity contribution < 1.29 is 0 Å². The minimum absolute atomic E-state index is 0.698. The Kier molecular flexibility index (Phi) is 8.12. The number of rotatable bonds is 8. The fraction of sp³-hybridized carbons (Fsp3) is 0.625. The topological polar surface area (TPSA) is 12.0 Å². The van der Waals surface area contributed by atoms with Crippen LogP contribution in [0.15, 0.2) is 27.6 Å². The molecule has 0 fully saturated rings. The van der Waals surface area contributed by atoms with Crippen molar-refractivity contribution in [3.8, 4) is 0 Å². The standard InChI is InChI=1S/C16H26BrNS/c1-12(2)7-8-19-16-6-5-15(17)9-14(16)11-18-10-13(3)4/h5-6,9,12-13,18H,7-8,10-11H2,1-4H3. The Hall–Kier alpha value is 0.01000. The maximum Gasteiger partial charge on any atom is 0.0217 e. The van der Waals surface area contributed by atoms with Crippen LogP contribution < -0.4 is 5.32 Å². The lowest BCUT2D eigenvalue weighted by Crippen LogP contribution is -2.19. The van der Waals surface area contributed by atoms with Crippen LogP contribution in [0.2, 0.25) is 0 Å². The molecule has 108 valence electrons. The van der Waals surface area contributed by atoms with E-state index in [1.807, 2.05) is 11.8 Å². The molecule has 3 heteroatoms. The van der Waals surface area contributed by atoms with Crippen LogP contribution in [0, 0.1) is 11.8 Å². The zero-order valence-electron chi connectivity index (χ0n) is 12.5. The van der Waals surface area contributed by atoms with Gasteiger partial charge in [-0.1, -0.05) is 43.6 Å². The third-order valence-electron chi connectivity index (χ3n) is 2.84. The molecule has 0 radical (unpaired) electrons. The predicted octanol–water partition coefficient (Wildman–Crippen LogP) is 5.33. The molecule has 0 atom stereocenters. The summed E-state index contributed by atoms with van der Waals surface area (Å²) in [6.45, 7) is 11.1. The molecule has 1 nitrogen and oxygen atoms in total. The third kappa shape index (κ3) is 7.38. The maximum absolute atomic E-state index is 3.57. The Labute approximate surface area is 131 Å². The van der Waals surface area contributed by atoms with E-state index < -0.39 is 0 Å². The van der Waals surface area contributed by atoms with Crippen molar-refractivity contribution in [2.45, 2.75) is 45.6 Å². The summed E-state index contributed by atoms with van der Waals surface area (Å²) in [5.74, 6) is 2.69. The molecule has 0 aliphatic heterocycles. The van der Waals surface area contributed by atoms with Gasteiger partial charge in [-0.2, -0.15) is 0 Å². The summed E-state index contributed by atoms with van der Waals surface area (Å²) in [7, 11) is 0. The summed E-state index contributed by atoms with van der Waals surface area (Å²) in [4.78, 5) is 1.42. The van der Waals surface area contributed by atoms with Gasteiger partial charge in [-0.3, -0.25) is 0 Å². The van der Waals surface area contributed by atoms with Crippen LogP contribution in [-0.2, 0) is 6.54 Å². The molecule has 0 spiro atoms. The largest absolute Gasteiger partial charge is 0.312 e. The van der Waals surface area contributed by atoms with E-state index in [1.165, 1.54) is 27.1 Å². The van der Waals surface area contributed by atoms with Crippen molar-refractivity contribution in [3.63, 3.8) is 0 Å². The average molecular weight is 344 g/mol. The molecule has 0 aliphatic rings. The molecule has 1 aromatic carbocycles. The monoisotopic (exact) mass is 343 g/mol. The molecule has 1 rings (SSSR count). The van der Waals surface area contributed by atoms with E-state index in [4.69, 9.17) is 0 Å². The first-order chi connectivity index (χ1) is 8.99. The van der Waals surface area contributed by atoms with Gasteiger partial charge < -0.3 is 5.32 Å². The highest BCUT2D eigenvalue weighted by atomic mass is 79.9. The molecule has 1 aromatic rings. The highest BCUT2D eigenvalue weighted by Gasteiger charge is 2.05. The molecule has 1 N–H and O–H groups in total. The lowest BCUT2D eigenvalue weighted by molar-refractivity contribution is 0.550. The number of hydrogen-bond acceptors (Lipinski definition) is 2. The van der Waals surface area contributed by atoms with E-state index in [1.54, 1.807) is 0 Å². The highest BCUT2D eigenvalue weighted by molar-refractivity contribution is 9.10. The van der Waals surface area contributed by atoms with Gasteiger partial charge in [-0.05, 0) is 54.3 Å². The second-order valence-corrected chi connectivity index (χ2v) is 7.86. The minimum Gasteiger partial charge on any atom is -0.312 e. The number of hydrogen-bond donors (Lipinski definition) is 1. The fourth-order valence-electron chi connectivity index (χ4n) is 1.73. The van der Waals surface area contributed by atoms with E-state index in [0.717, 1.165) is 19.0 Å². The highest BCUT2D eigenvalue weighted by Crippen LogP contribution is 2.27. The molecule has 0 bridgehead atoms. The molecular weight excluding hydrogens is 318 g/mol. The van der Waals surface area contributed by atoms with Gasteiger partial charge in [-0.15, -0.1) is 11.8 Å². The second-order valence-electron chi connectivity index (χ2n) is 5.81. The smallest absolute Gasteiger partial charge is 0.0217 e. The van der Waals surface area contributed by atoms with Crippen LogP contribution in [0.25, 0.3) is 0 Å². The van der Waals surface area contributed by atoms with Gasteiger partial charge in [0, 0.05) is 15.9 Å². The number of benzene rings is 1. The van der Waals surface area contributed by atoms with Crippen molar-refractivity contribution in [2.75, 3.05) is 12.3 Å². The van der Waals surface area contributed by atoms with Gasteiger partial charge in [0.2, 0.25) is 0 Å². The quantitative estimate of drug-likeness (QED) is 0.640. The summed E-state index contributed by atoms with van der Waals surface area (Å²) in [5, 5.41) is 3.53. The third-order valence-corrected chi connectivity index (χ3v) is 4.49. The van der Waals surface area contributed by atoms with Crippen molar-refractivity contribution in [1.82, 2.24) is 5.32 Å². The zero-order valence-corrected chi connectivity index (χ0v) is 14.9. The van der Waals surface area contributed by atoms with Crippen LogP contribution >= 0.6 is 27.7 Å². The van der Waals surface area contributed by atoms with Crippen molar-refractivity contribution in [1.29, 1.82) is 0 Å². The Balaban J connectivity index is 2.58. The molecule has 0 unspecified atom stereocenters. The predicted molar refractivity (Wildman–Crippen MR) is 90.9 cm³/mol. The van der Waals surface area contributed by atoms with Crippen molar-refractivity contribution >= 4 is 27.7 Å². The molecule has 0 aromatic heterocycles. The molecule has 0 saturated carbocycles. The lowest BCUT2D eigenvalue weighted by atomic mass is 10.2. The Morgan fingerprint density at radius 2 is 1.89 bits per heavy atom.